The number of hydrogen-bond acceptors (Lipinski definition) is 4. The molecule has 1 fully saturated rings. The van der Waals surface area contributed by atoms with E-state index in [0.29, 0.717) is 19.7 Å². The Labute approximate surface area is 143 Å². The highest BCUT2D eigenvalue weighted by molar-refractivity contribution is 5.76. The molecule has 0 aliphatic carbocycles. The lowest BCUT2D eigenvalue weighted by atomic mass is 10.0. The summed E-state index contributed by atoms with van der Waals surface area (Å²) in [5, 5.41) is 0. The number of carbonyl (C=O) groups excluding carboxylic acids is 1. The first-order valence-electron chi connectivity index (χ1n) is 8.18. The average Bonchev–Trinajstić information content (AvgIpc) is 2.45. The molecule has 1 atom stereocenters. The molecule has 2 rings (SSSR count). The third-order valence-corrected chi connectivity index (χ3v) is 3.88. The fourth-order valence-electron chi connectivity index (χ4n) is 2.92. The highest BCUT2D eigenvalue weighted by atomic mass is 19.1. The van der Waals surface area contributed by atoms with Gasteiger partial charge in [-0.15, -0.1) is 0 Å². The van der Waals surface area contributed by atoms with Gasteiger partial charge in [0.1, 0.15) is 12.4 Å². The van der Waals surface area contributed by atoms with E-state index in [1.165, 1.54) is 11.0 Å². The topological polar surface area (TPSA) is 42.0 Å². The molecule has 0 aromatic heterocycles. The highest BCUT2D eigenvalue weighted by Crippen LogP contribution is 2.23. The fourth-order valence-corrected chi connectivity index (χ4v) is 2.92. The van der Waals surface area contributed by atoms with E-state index in [9.17, 15) is 9.18 Å². The lowest BCUT2D eigenvalue weighted by Gasteiger charge is -2.42. The zero-order valence-corrected chi connectivity index (χ0v) is 14.9. The molecule has 1 amide bonds. The lowest BCUT2D eigenvalue weighted by Crippen LogP contribution is -2.53. The van der Waals surface area contributed by atoms with Crippen molar-refractivity contribution >= 4 is 5.91 Å². The molecule has 134 valence electrons. The van der Waals surface area contributed by atoms with Crippen LogP contribution in [0.4, 0.5) is 4.39 Å². The lowest BCUT2D eigenvalue weighted by molar-refractivity contribution is -0.161. The molecule has 6 heteroatoms. The van der Waals surface area contributed by atoms with Crippen molar-refractivity contribution in [3.8, 4) is 0 Å². The Morgan fingerprint density at radius 1 is 1.46 bits per heavy atom. The fraction of sp³-hybridized carbons (Fsp3) is 0.611. The van der Waals surface area contributed by atoms with Gasteiger partial charge in [-0.3, -0.25) is 9.69 Å². The number of hydrogen-bond donors (Lipinski definition) is 0. The first kappa shape index (κ1) is 18.8. The van der Waals surface area contributed by atoms with Gasteiger partial charge in [0.25, 0.3) is 0 Å². The van der Waals surface area contributed by atoms with Crippen molar-refractivity contribution in [3.05, 3.63) is 35.6 Å². The number of benzene rings is 1. The van der Waals surface area contributed by atoms with E-state index in [-0.39, 0.29) is 30.0 Å². The van der Waals surface area contributed by atoms with Gasteiger partial charge in [-0.2, -0.15) is 0 Å². The largest absolute Gasteiger partial charge is 0.369 e. The number of ether oxygens (including phenoxy) is 2. The van der Waals surface area contributed by atoms with Crippen LogP contribution >= 0.6 is 0 Å². The van der Waals surface area contributed by atoms with Crippen LogP contribution in [0.25, 0.3) is 0 Å². The summed E-state index contributed by atoms with van der Waals surface area (Å²) in [5.74, 6) is -0.288. The Bertz CT molecular complexity index is 563. The summed E-state index contributed by atoms with van der Waals surface area (Å²) < 4.78 is 24.9. The van der Waals surface area contributed by atoms with Gasteiger partial charge in [-0.05, 0) is 31.5 Å². The monoisotopic (exact) mass is 338 g/mol. The molecule has 1 aromatic carbocycles. The second-order valence-corrected chi connectivity index (χ2v) is 7.10. The molecular formula is C18H27FN2O3. The molecule has 0 saturated carbocycles. The van der Waals surface area contributed by atoms with E-state index in [4.69, 9.17) is 9.47 Å². The molecule has 0 N–H and O–H groups in total. The molecule has 1 saturated heterocycles. The van der Waals surface area contributed by atoms with Crippen LogP contribution in [-0.4, -0.2) is 67.8 Å². The van der Waals surface area contributed by atoms with E-state index < -0.39 is 0 Å². The van der Waals surface area contributed by atoms with Gasteiger partial charge in [-0.25, -0.2) is 4.39 Å². The van der Waals surface area contributed by atoms with Gasteiger partial charge in [0.05, 0.1) is 18.3 Å². The van der Waals surface area contributed by atoms with Crippen LogP contribution in [0.1, 0.15) is 19.4 Å². The number of rotatable bonds is 6. The van der Waals surface area contributed by atoms with Crippen molar-refractivity contribution in [2.45, 2.75) is 32.1 Å². The zero-order chi connectivity index (χ0) is 17.7. The molecule has 1 aliphatic rings. The first-order chi connectivity index (χ1) is 11.2. The summed E-state index contributed by atoms with van der Waals surface area (Å²) in [4.78, 5) is 15.3. The Morgan fingerprint density at radius 3 is 2.88 bits per heavy atom. The van der Waals surface area contributed by atoms with Gasteiger partial charge in [0.15, 0.2) is 0 Å². The van der Waals surface area contributed by atoms with Gasteiger partial charge in [-0.1, -0.05) is 12.1 Å². The van der Waals surface area contributed by atoms with E-state index >= 15 is 0 Å². The van der Waals surface area contributed by atoms with Crippen LogP contribution in [0.5, 0.6) is 0 Å². The maximum Gasteiger partial charge on any atom is 0.248 e. The number of amides is 1. The van der Waals surface area contributed by atoms with E-state index in [2.05, 4.69) is 4.90 Å². The van der Waals surface area contributed by atoms with Gasteiger partial charge in [0.2, 0.25) is 5.91 Å². The number of morpholine rings is 1. The molecule has 0 radical (unpaired) electrons. The maximum atomic E-state index is 13.4. The third-order valence-electron chi connectivity index (χ3n) is 3.88. The SMILES string of the molecule is CN(C)C(=O)COCC1CN(Cc2cccc(F)c2)CC(C)(C)O1. The quantitative estimate of drug-likeness (QED) is 0.795. The maximum absolute atomic E-state index is 13.4. The van der Waals surface area contributed by atoms with Crippen LogP contribution in [0.15, 0.2) is 24.3 Å². The van der Waals surface area contributed by atoms with E-state index in [1.54, 1.807) is 26.2 Å². The standard InChI is InChI=1S/C18H27FN2O3/c1-18(2)13-21(9-14-6-5-7-15(19)8-14)10-16(24-18)11-23-12-17(22)20(3)4/h5-8,16H,9-13H2,1-4H3. The Kier molecular flexibility index (Phi) is 6.32. The van der Waals surface area contributed by atoms with Crippen LogP contribution in [0.2, 0.25) is 0 Å². The van der Waals surface area contributed by atoms with Crippen LogP contribution in [-0.2, 0) is 20.8 Å². The van der Waals surface area contributed by atoms with Crippen molar-refractivity contribution in [1.29, 1.82) is 0 Å². The van der Waals surface area contributed by atoms with Crippen LogP contribution in [0, 0.1) is 5.82 Å². The van der Waals surface area contributed by atoms with Crippen molar-refractivity contribution in [3.63, 3.8) is 0 Å². The van der Waals surface area contributed by atoms with Crippen LogP contribution in [0.3, 0.4) is 0 Å². The predicted octanol–water partition coefficient (Wildman–Crippen LogP) is 1.91. The number of nitrogens with zero attached hydrogens (tertiary/aromatic N) is 2. The molecule has 0 spiro atoms. The zero-order valence-electron chi connectivity index (χ0n) is 14.9. The van der Waals surface area contributed by atoms with E-state index in [1.807, 2.05) is 19.9 Å². The molecule has 1 heterocycles. The normalized spacial score (nSPS) is 20.8. The third kappa shape index (κ3) is 5.85. The average molecular weight is 338 g/mol. The van der Waals surface area contributed by atoms with Crippen molar-refractivity contribution in [1.82, 2.24) is 9.80 Å². The second-order valence-electron chi connectivity index (χ2n) is 7.10. The molecule has 5 nitrogen and oxygen atoms in total. The molecule has 24 heavy (non-hydrogen) atoms. The highest BCUT2D eigenvalue weighted by Gasteiger charge is 2.33. The van der Waals surface area contributed by atoms with Crippen molar-refractivity contribution < 1.29 is 18.7 Å². The minimum atomic E-state index is -0.314. The molecule has 0 bridgehead atoms. The van der Waals surface area contributed by atoms with Crippen molar-refractivity contribution in [2.24, 2.45) is 0 Å². The summed E-state index contributed by atoms with van der Waals surface area (Å²) >= 11 is 0. The Hall–Kier alpha value is -1.50. The summed E-state index contributed by atoms with van der Waals surface area (Å²) in [5.41, 5.74) is 0.626. The minimum Gasteiger partial charge on any atom is -0.369 e. The molecule has 1 aliphatic heterocycles. The van der Waals surface area contributed by atoms with Gasteiger partial charge < -0.3 is 14.4 Å². The summed E-state index contributed by atoms with van der Waals surface area (Å²) in [7, 11) is 3.40. The van der Waals surface area contributed by atoms with Crippen LogP contribution < -0.4 is 0 Å². The number of likely N-dealkylation sites (N-methyl/N-ethyl adjacent to an activating group) is 1. The van der Waals surface area contributed by atoms with E-state index in [0.717, 1.165) is 12.1 Å². The molecule has 1 unspecified atom stereocenters. The second kappa shape index (κ2) is 8.05. The van der Waals surface area contributed by atoms with Gasteiger partial charge >= 0.3 is 0 Å². The Morgan fingerprint density at radius 2 is 2.21 bits per heavy atom. The summed E-state index contributed by atoms with van der Waals surface area (Å²) in [6.07, 6.45) is -0.114. The molecule has 1 aromatic rings. The smallest absolute Gasteiger partial charge is 0.248 e. The van der Waals surface area contributed by atoms with Crippen molar-refractivity contribution in [2.75, 3.05) is 40.4 Å². The number of carbonyl (C=O) groups is 1. The first-order valence-corrected chi connectivity index (χ1v) is 8.18. The summed E-state index contributed by atoms with van der Waals surface area (Å²) in [6.45, 7) is 6.59. The molecular weight excluding hydrogens is 311 g/mol. The van der Waals surface area contributed by atoms with Gasteiger partial charge in [0, 0.05) is 33.7 Å². The summed E-state index contributed by atoms with van der Waals surface area (Å²) in [6, 6.07) is 6.66. The minimum absolute atomic E-state index is 0.0528. The Balaban J connectivity index is 1.90. The number of halogens is 1. The predicted molar refractivity (Wildman–Crippen MR) is 90.1 cm³/mol.